The van der Waals surface area contributed by atoms with Crippen LogP contribution in [0.5, 0.6) is 0 Å². The summed E-state index contributed by atoms with van der Waals surface area (Å²) in [5.74, 6) is -1.92. The van der Waals surface area contributed by atoms with Gasteiger partial charge >= 0.3 is 5.97 Å². The Kier molecular flexibility index (Phi) is 4.53. The van der Waals surface area contributed by atoms with Crippen LogP contribution in [-0.4, -0.2) is 50.4 Å². The van der Waals surface area contributed by atoms with E-state index in [1.165, 1.54) is 4.90 Å². The molecule has 0 bridgehead atoms. The molecule has 2 heterocycles. The SMILES string of the molecule is CCC(CC)n1nc(C(=O)N2CCC(F)(C(=O)O)C2)cc1C. The predicted octanol–water partition coefficient (Wildman–Crippen LogP) is 2.19. The molecule has 1 aromatic heterocycles. The zero-order valence-corrected chi connectivity index (χ0v) is 13.2. The number of amides is 1. The molecule has 0 aliphatic carbocycles. The molecule has 1 aliphatic rings. The lowest BCUT2D eigenvalue weighted by atomic mass is 10.1. The Morgan fingerprint density at radius 3 is 2.59 bits per heavy atom. The fraction of sp³-hybridized carbons (Fsp3) is 0.667. The molecule has 0 radical (unpaired) electrons. The summed E-state index contributed by atoms with van der Waals surface area (Å²) in [5, 5.41) is 13.2. The Morgan fingerprint density at radius 1 is 1.45 bits per heavy atom. The molecule has 1 aromatic rings. The van der Waals surface area contributed by atoms with Crippen molar-refractivity contribution in [1.82, 2.24) is 14.7 Å². The first-order valence-electron chi connectivity index (χ1n) is 7.60. The minimum atomic E-state index is -2.34. The zero-order valence-electron chi connectivity index (χ0n) is 13.2. The van der Waals surface area contributed by atoms with Gasteiger partial charge in [0.15, 0.2) is 5.69 Å². The van der Waals surface area contributed by atoms with Gasteiger partial charge in [-0.1, -0.05) is 13.8 Å². The second-order valence-electron chi connectivity index (χ2n) is 5.83. The maximum absolute atomic E-state index is 14.1. The molecule has 0 saturated carbocycles. The molecule has 1 unspecified atom stereocenters. The third-order valence-electron chi connectivity index (χ3n) is 4.32. The van der Waals surface area contributed by atoms with E-state index >= 15 is 0 Å². The Labute approximate surface area is 128 Å². The molecule has 1 atom stereocenters. The van der Waals surface area contributed by atoms with E-state index in [1.54, 1.807) is 6.07 Å². The van der Waals surface area contributed by atoms with E-state index in [-0.39, 0.29) is 24.7 Å². The lowest BCUT2D eigenvalue weighted by Crippen LogP contribution is -2.39. The van der Waals surface area contributed by atoms with Crippen LogP contribution in [0.4, 0.5) is 4.39 Å². The number of likely N-dealkylation sites (tertiary alicyclic amines) is 1. The molecule has 22 heavy (non-hydrogen) atoms. The molecule has 6 nitrogen and oxygen atoms in total. The summed E-state index contributed by atoms with van der Waals surface area (Å²) in [6.07, 6.45) is 1.63. The number of alkyl halides is 1. The Hall–Kier alpha value is -1.92. The molecule has 7 heteroatoms. The van der Waals surface area contributed by atoms with E-state index in [1.807, 2.05) is 11.6 Å². The normalized spacial score (nSPS) is 21.6. The van der Waals surface area contributed by atoms with Crippen LogP contribution in [-0.2, 0) is 4.79 Å². The highest BCUT2D eigenvalue weighted by molar-refractivity contribution is 5.93. The number of carbonyl (C=O) groups excluding carboxylic acids is 1. The smallest absolute Gasteiger partial charge is 0.343 e. The van der Waals surface area contributed by atoms with E-state index in [9.17, 15) is 14.0 Å². The van der Waals surface area contributed by atoms with Crippen LogP contribution < -0.4 is 0 Å². The van der Waals surface area contributed by atoms with Crippen LogP contribution in [0.15, 0.2) is 6.07 Å². The van der Waals surface area contributed by atoms with Gasteiger partial charge in [-0.2, -0.15) is 5.10 Å². The lowest BCUT2D eigenvalue weighted by molar-refractivity contribution is -0.149. The van der Waals surface area contributed by atoms with Crippen LogP contribution in [0.3, 0.4) is 0 Å². The molecule has 2 rings (SSSR count). The van der Waals surface area contributed by atoms with E-state index in [0.717, 1.165) is 18.5 Å². The molecule has 122 valence electrons. The first-order valence-corrected chi connectivity index (χ1v) is 7.60. The maximum Gasteiger partial charge on any atom is 0.343 e. The minimum Gasteiger partial charge on any atom is -0.479 e. The van der Waals surface area contributed by atoms with Crippen molar-refractivity contribution in [2.45, 2.75) is 51.7 Å². The van der Waals surface area contributed by atoms with Crippen molar-refractivity contribution in [2.75, 3.05) is 13.1 Å². The Morgan fingerprint density at radius 2 is 2.09 bits per heavy atom. The van der Waals surface area contributed by atoms with Gasteiger partial charge in [0, 0.05) is 18.7 Å². The minimum absolute atomic E-state index is 0.0958. The predicted molar refractivity (Wildman–Crippen MR) is 78.6 cm³/mol. The van der Waals surface area contributed by atoms with Crippen molar-refractivity contribution < 1.29 is 19.1 Å². The number of halogens is 1. The molecular weight excluding hydrogens is 289 g/mol. The molecule has 0 aromatic carbocycles. The van der Waals surface area contributed by atoms with Gasteiger partial charge in [0.05, 0.1) is 12.6 Å². The highest BCUT2D eigenvalue weighted by Gasteiger charge is 2.47. The number of aryl methyl sites for hydroxylation is 1. The largest absolute Gasteiger partial charge is 0.479 e. The molecule has 1 saturated heterocycles. The molecule has 1 amide bonds. The summed E-state index contributed by atoms with van der Waals surface area (Å²) in [4.78, 5) is 24.6. The van der Waals surface area contributed by atoms with E-state index in [2.05, 4.69) is 18.9 Å². The van der Waals surface area contributed by atoms with E-state index < -0.39 is 24.1 Å². The molecule has 1 N–H and O–H groups in total. The number of carboxylic acid groups (broad SMARTS) is 1. The Bertz CT molecular complexity index is 583. The number of nitrogens with zero attached hydrogens (tertiary/aromatic N) is 3. The van der Waals surface area contributed by atoms with Gasteiger partial charge in [-0.05, 0) is 25.8 Å². The van der Waals surface area contributed by atoms with Gasteiger partial charge in [0.1, 0.15) is 0 Å². The standard InChI is InChI=1S/C15H22FN3O3/c1-4-11(5-2)19-10(3)8-12(17-19)13(20)18-7-6-15(16,9-18)14(21)22/h8,11H,4-7,9H2,1-3H3,(H,21,22). The third-order valence-corrected chi connectivity index (χ3v) is 4.32. The zero-order chi connectivity index (χ0) is 16.5. The summed E-state index contributed by atoms with van der Waals surface area (Å²) >= 11 is 0. The highest BCUT2D eigenvalue weighted by Crippen LogP contribution is 2.27. The van der Waals surface area contributed by atoms with Gasteiger partial charge in [0.2, 0.25) is 5.67 Å². The molecule has 0 spiro atoms. The quantitative estimate of drug-likeness (QED) is 0.904. The highest BCUT2D eigenvalue weighted by atomic mass is 19.1. The van der Waals surface area contributed by atoms with Crippen LogP contribution >= 0.6 is 0 Å². The Balaban J connectivity index is 2.18. The van der Waals surface area contributed by atoms with Gasteiger partial charge in [-0.15, -0.1) is 0 Å². The van der Waals surface area contributed by atoms with E-state index in [4.69, 9.17) is 5.11 Å². The first-order chi connectivity index (χ1) is 10.3. The topological polar surface area (TPSA) is 75.4 Å². The number of hydrogen-bond acceptors (Lipinski definition) is 3. The van der Waals surface area contributed by atoms with Crippen LogP contribution in [0.2, 0.25) is 0 Å². The number of aromatic nitrogens is 2. The van der Waals surface area contributed by atoms with Gasteiger partial charge < -0.3 is 10.0 Å². The fourth-order valence-corrected chi connectivity index (χ4v) is 2.88. The van der Waals surface area contributed by atoms with E-state index in [0.29, 0.717) is 0 Å². The lowest BCUT2D eigenvalue weighted by Gasteiger charge is -2.17. The van der Waals surface area contributed by atoms with Crippen molar-refractivity contribution in [1.29, 1.82) is 0 Å². The third kappa shape index (κ3) is 2.84. The van der Waals surface area contributed by atoms with Crippen molar-refractivity contribution in [2.24, 2.45) is 0 Å². The number of rotatable bonds is 5. The van der Waals surface area contributed by atoms with Crippen molar-refractivity contribution in [3.8, 4) is 0 Å². The summed E-state index contributed by atoms with van der Waals surface area (Å²) in [6, 6.07) is 1.90. The van der Waals surface area contributed by atoms with Gasteiger partial charge in [-0.3, -0.25) is 9.48 Å². The first kappa shape index (κ1) is 16.5. The van der Waals surface area contributed by atoms with Crippen LogP contribution in [0, 0.1) is 6.92 Å². The summed E-state index contributed by atoms with van der Waals surface area (Å²) in [5.41, 5.74) is -1.22. The molecular formula is C15H22FN3O3. The van der Waals surface area contributed by atoms with Crippen molar-refractivity contribution >= 4 is 11.9 Å². The average Bonchev–Trinajstić information content (AvgIpc) is 3.05. The second-order valence-corrected chi connectivity index (χ2v) is 5.83. The average molecular weight is 311 g/mol. The number of aliphatic carboxylic acids is 1. The summed E-state index contributed by atoms with van der Waals surface area (Å²) < 4.78 is 15.9. The van der Waals surface area contributed by atoms with Crippen LogP contribution in [0.1, 0.15) is 55.3 Å². The molecule has 1 aliphatic heterocycles. The monoisotopic (exact) mass is 311 g/mol. The van der Waals surface area contributed by atoms with Crippen molar-refractivity contribution in [3.05, 3.63) is 17.5 Å². The number of hydrogen-bond donors (Lipinski definition) is 1. The van der Waals surface area contributed by atoms with Gasteiger partial charge in [-0.25, -0.2) is 9.18 Å². The second kappa shape index (κ2) is 6.06. The number of carbonyl (C=O) groups is 2. The fourth-order valence-electron chi connectivity index (χ4n) is 2.88. The summed E-state index contributed by atoms with van der Waals surface area (Å²) in [6.45, 7) is 5.67. The van der Waals surface area contributed by atoms with Crippen molar-refractivity contribution in [3.63, 3.8) is 0 Å². The van der Waals surface area contributed by atoms with Gasteiger partial charge in [0.25, 0.3) is 5.91 Å². The number of carboxylic acids is 1. The van der Waals surface area contributed by atoms with Crippen LogP contribution in [0.25, 0.3) is 0 Å². The molecule has 1 fully saturated rings. The summed E-state index contributed by atoms with van der Waals surface area (Å²) in [7, 11) is 0. The maximum atomic E-state index is 14.1.